The molecular weight excluding hydrogens is 711 g/mol. The normalized spacial score (nSPS) is 31.7. The van der Waals surface area contributed by atoms with Crippen LogP contribution in [-0.4, -0.2) is 71.4 Å². The second kappa shape index (κ2) is 7.62. The molecule has 2 bridgehead atoms. The van der Waals surface area contributed by atoms with Crippen LogP contribution in [0.2, 0.25) is 0 Å². The molecule has 3 heterocycles. The van der Waals surface area contributed by atoms with Crippen molar-refractivity contribution in [2.45, 2.75) is 70.3 Å². The Morgan fingerprint density at radius 3 is 2.25 bits per heavy atom. The minimum Gasteiger partial charge on any atom is -0.746 e. The minimum absolute atomic E-state index is 0. The maximum absolute atomic E-state index is 13.4. The maximum Gasteiger partial charge on any atom is 0.311 e. The van der Waals surface area contributed by atoms with Crippen LogP contribution in [0.25, 0.3) is 0 Å². The molecule has 1 amide bonds. The fourth-order valence-corrected chi connectivity index (χ4v) is 4.39. The van der Waals surface area contributed by atoms with Crippen molar-refractivity contribution in [1.29, 1.82) is 0 Å². The molecule has 3 rings (SSSR count). The Morgan fingerprint density at radius 1 is 1.22 bits per heavy atom. The van der Waals surface area contributed by atoms with Crippen LogP contribution in [0.3, 0.4) is 0 Å². The Labute approximate surface area is 177 Å². The van der Waals surface area contributed by atoms with E-state index in [-0.39, 0.29) is 6.04 Å². The van der Waals surface area contributed by atoms with Gasteiger partial charge in [0.25, 0.3) is 11.2 Å². The third kappa shape index (κ3) is 3.77. The van der Waals surface area contributed by atoms with Gasteiger partial charge in [0, 0.05) is 6.04 Å². The van der Waals surface area contributed by atoms with E-state index in [9.17, 15) is 36.1 Å². The second-order valence-corrected chi connectivity index (χ2v) is 10.6. The smallest absolute Gasteiger partial charge is 0.311 e. The van der Waals surface area contributed by atoms with Crippen LogP contribution in [0.5, 0.6) is 0 Å². The number of hydrogen-bond donors (Lipinski definition) is 0. The summed E-state index contributed by atoms with van der Waals surface area (Å²) in [7, 11) is -6.11. The van der Waals surface area contributed by atoms with E-state index >= 15 is 0 Å². The fourth-order valence-electron chi connectivity index (χ4n) is 4.23. The van der Waals surface area contributed by atoms with E-state index in [1.54, 1.807) is 34.6 Å². The molecule has 10 nitrogen and oxygen atoms in total. The van der Waals surface area contributed by atoms with Gasteiger partial charge in [-0.15, -0.1) is 0 Å². The molecule has 3 saturated heterocycles. The van der Waals surface area contributed by atoms with Crippen molar-refractivity contribution in [2.24, 2.45) is 17.3 Å². The minimum atomic E-state index is -6.11. The molecular formula is C18H23F2NO9RfS-2. The number of carbonyl (C=O) groups is 3. The molecule has 0 spiro atoms. The Morgan fingerprint density at radius 2 is 1.78 bits per heavy atom. The van der Waals surface area contributed by atoms with Crippen molar-refractivity contribution >= 4 is 28.0 Å². The third-order valence-corrected chi connectivity index (χ3v) is 6.36. The number of esters is 2. The Hall–Kier alpha value is -2.86. The second-order valence-electron chi connectivity index (χ2n) is 9.14. The van der Waals surface area contributed by atoms with Gasteiger partial charge in [-0.05, 0) is 34.6 Å². The molecule has 0 aromatic heterocycles. The molecule has 0 saturated carbocycles. The molecule has 0 aromatic carbocycles. The van der Waals surface area contributed by atoms with E-state index in [1.807, 2.05) is 0 Å². The predicted octanol–water partition coefficient (Wildman–Crippen LogP) is 0.420. The van der Waals surface area contributed by atoms with E-state index in [4.69, 9.17) is 9.47 Å². The summed E-state index contributed by atoms with van der Waals surface area (Å²) in [5.41, 5.74) is -0.902. The summed E-state index contributed by atoms with van der Waals surface area (Å²) in [6, 6.07) is -0.996. The van der Waals surface area contributed by atoms with Crippen LogP contribution in [0.4, 0.5) is 8.78 Å². The van der Waals surface area contributed by atoms with Crippen molar-refractivity contribution in [1.82, 2.24) is 4.90 Å². The summed E-state index contributed by atoms with van der Waals surface area (Å²) >= 11 is 0. The molecule has 6 unspecified atom stereocenters. The van der Waals surface area contributed by atoms with Crippen LogP contribution < -0.4 is 0 Å². The average molecular weight is 734 g/mol. The summed E-state index contributed by atoms with van der Waals surface area (Å²) in [6.45, 7) is 7.60. The number of halogens is 2. The molecule has 0 aromatic rings. The van der Waals surface area contributed by atoms with Crippen molar-refractivity contribution in [3.05, 3.63) is 6.61 Å². The predicted molar refractivity (Wildman–Crippen MR) is 95.8 cm³/mol. The zero-order chi connectivity index (χ0) is 23.7. The number of likely N-dealkylation sites (tertiary alicyclic amines) is 1. The Kier molecular flexibility index (Phi) is 6.05. The molecule has 3 aliphatic rings. The molecule has 0 N–H and O–H groups in total. The molecule has 14 heteroatoms. The first kappa shape index (κ1) is 25.4. The fraction of sp³-hybridized carbons (Fsp3) is 0.778. The molecule has 32 heavy (non-hydrogen) atoms. The quantitative estimate of drug-likeness (QED) is 0.216. The third-order valence-electron chi connectivity index (χ3n) is 5.60. The van der Waals surface area contributed by atoms with Crippen LogP contribution in [0, 0.1) is 23.9 Å². The monoisotopic (exact) mass is 734 g/mol. The van der Waals surface area contributed by atoms with Gasteiger partial charge in [-0.2, -0.15) is 0 Å². The Balaban J connectivity index is 0.00000363. The summed E-state index contributed by atoms with van der Waals surface area (Å²) in [5.74, 6) is -4.98. The summed E-state index contributed by atoms with van der Waals surface area (Å²) in [6.07, 6.45) is -3.04. The average Bonchev–Trinajstić information content (AvgIpc) is 3.20. The molecule has 0 aliphatic carbocycles. The first-order chi connectivity index (χ1) is 14.0. The van der Waals surface area contributed by atoms with Gasteiger partial charge in [-0.1, -0.05) is 6.61 Å². The summed E-state index contributed by atoms with van der Waals surface area (Å²) < 4.78 is 74.2. The van der Waals surface area contributed by atoms with Crippen molar-refractivity contribution < 1.29 is 50.3 Å². The van der Waals surface area contributed by atoms with Gasteiger partial charge in [0.05, 0.1) is 29.4 Å². The van der Waals surface area contributed by atoms with E-state index in [0.29, 0.717) is 0 Å². The maximum atomic E-state index is 13.4. The van der Waals surface area contributed by atoms with Gasteiger partial charge in [-0.25, -0.2) is 17.2 Å². The summed E-state index contributed by atoms with van der Waals surface area (Å²) in [5, 5.41) is -4.95. The number of rotatable bonds is 6. The van der Waals surface area contributed by atoms with Gasteiger partial charge in [-0.3, -0.25) is 14.4 Å². The first-order valence-electron chi connectivity index (χ1n) is 9.56. The van der Waals surface area contributed by atoms with Crippen LogP contribution in [0.15, 0.2) is 0 Å². The number of alkyl halides is 2. The van der Waals surface area contributed by atoms with Crippen LogP contribution in [0.1, 0.15) is 34.6 Å². The Bertz CT molecular complexity index is 905. The van der Waals surface area contributed by atoms with Crippen LogP contribution in [-0.2, 0) is 38.7 Å². The van der Waals surface area contributed by atoms with Gasteiger partial charge in [0.1, 0.15) is 16.2 Å². The number of nitrogens with zero attached hydrogens (tertiary/aromatic N) is 1. The van der Waals surface area contributed by atoms with Gasteiger partial charge in [0.15, 0.2) is 6.10 Å². The van der Waals surface area contributed by atoms with E-state index in [1.165, 1.54) is 4.90 Å². The zero-order valence-corrected chi connectivity index (χ0v) is 25.3. The van der Waals surface area contributed by atoms with Crippen LogP contribution >= 0.6 is 0 Å². The van der Waals surface area contributed by atoms with Gasteiger partial charge in [0.2, 0.25) is 5.91 Å². The van der Waals surface area contributed by atoms with E-state index < -0.39 is 81.4 Å². The van der Waals surface area contributed by atoms with Crippen molar-refractivity contribution in [3.8, 4) is 0 Å². The van der Waals surface area contributed by atoms with Crippen molar-refractivity contribution in [2.75, 3.05) is 0 Å². The van der Waals surface area contributed by atoms with E-state index in [2.05, 4.69) is 4.74 Å². The molecule has 0 radical (unpaired) electrons. The molecule has 3 aliphatic heterocycles. The SMILES string of the molecule is CC(C)N1C(=O)C2C3OC(C(OC(=O)C(C)(C)C)C31)C2C(=O)O[CH-]C(F)(F)S(=O)(=O)[O-].[Rf]. The number of carbonyl (C=O) groups excluding carboxylic acids is 3. The number of hydrogen-bond acceptors (Lipinski definition) is 9. The van der Waals surface area contributed by atoms with Gasteiger partial charge < -0.3 is 23.7 Å². The molecule has 6 atom stereocenters. The topological polar surface area (TPSA) is 139 Å². The summed E-state index contributed by atoms with van der Waals surface area (Å²) in [4.78, 5) is 39.4. The first-order valence-corrected chi connectivity index (χ1v) is 11.0. The molecule has 3 fully saturated rings. The zero-order valence-electron chi connectivity index (χ0n) is 18.1. The van der Waals surface area contributed by atoms with E-state index in [0.717, 1.165) is 0 Å². The number of fused-ring (bicyclic) bond motifs is 1. The number of amides is 1. The van der Waals surface area contributed by atoms with Crippen molar-refractivity contribution in [3.63, 3.8) is 0 Å². The number of ether oxygens (including phenoxy) is 3. The van der Waals surface area contributed by atoms with Gasteiger partial charge >= 0.3 is 5.97 Å². The standard InChI is InChI=1S/C18H24F2NO9S.Rf/c1-7(2)21-10-11-8(14(21)22)9(15(23)28-6-18(19,20)31(25,26)27)12(29-11)13(10)30-16(24)17(3,4)5;/h6-13H,1-5H3,(H,25,26,27);/q-1;/p-1. The largest absolute Gasteiger partial charge is 0.746 e. The molecule has 178 valence electrons.